The van der Waals surface area contributed by atoms with Crippen LogP contribution in [0.3, 0.4) is 0 Å². The Kier molecular flexibility index (Phi) is 5.38. The Labute approximate surface area is 140 Å². The van der Waals surface area contributed by atoms with Crippen LogP contribution in [-0.2, 0) is 11.3 Å². The van der Waals surface area contributed by atoms with Gasteiger partial charge in [-0.05, 0) is 0 Å². The van der Waals surface area contributed by atoms with Gasteiger partial charge in [-0.25, -0.2) is 4.98 Å². The van der Waals surface area contributed by atoms with E-state index in [2.05, 4.69) is 22.4 Å². The number of carbonyl (C=O) groups excluding carboxylic acids is 1. The molecule has 1 saturated heterocycles. The van der Waals surface area contributed by atoms with E-state index in [0.29, 0.717) is 13.0 Å². The maximum absolute atomic E-state index is 11.8. The lowest BCUT2D eigenvalue weighted by Gasteiger charge is -2.34. The highest BCUT2D eigenvalue weighted by Crippen LogP contribution is 2.24. The molecule has 0 saturated carbocycles. The molecule has 1 amide bonds. The summed E-state index contributed by atoms with van der Waals surface area (Å²) in [4.78, 5) is 20.9. The number of thiazole rings is 1. The number of hydrogen-bond acceptors (Lipinski definition) is 5. The second-order valence-corrected chi connectivity index (χ2v) is 6.56. The monoisotopic (exact) mass is 330 g/mol. The summed E-state index contributed by atoms with van der Waals surface area (Å²) < 4.78 is 0. The second-order valence-electron chi connectivity index (χ2n) is 5.71. The van der Waals surface area contributed by atoms with Crippen molar-refractivity contribution in [3.05, 3.63) is 41.4 Å². The van der Waals surface area contributed by atoms with Crippen LogP contribution in [0.15, 0.2) is 35.7 Å². The van der Waals surface area contributed by atoms with E-state index in [0.717, 1.165) is 43.4 Å². The smallest absolute Gasteiger partial charge is 0.223 e. The van der Waals surface area contributed by atoms with Gasteiger partial charge in [0.1, 0.15) is 5.01 Å². The molecule has 0 atom stereocenters. The quantitative estimate of drug-likeness (QED) is 0.908. The fourth-order valence-electron chi connectivity index (χ4n) is 2.76. The van der Waals surface area contributed by atoms with Crippen LogP contribution in [0.25, 0.3) is 10.6 Å². The Morgan fingerprint density at radius 3 is 2.61 bits per heavy atom. The van der Waals surface area contributed by atoms with Crippen LogP contribution in [0, 0.1) is 0 Å². The van der Waals surface area contributed by atoms with E-state index < -0.39 is 0 Å². The van der Waals surface area contributed by atoms with E-state index in [1.165, 1.54) is 5.56 Å². The van der Waals surface area contributed by atoms with Gasteiger partial charge >= 0.3 is 0 Å². The normalized spacial score (nSPS) is 15.8. The Balaban J connectivity index is 1.53. The zero-order chi connectivity index (χ0) is 16.1. The predicted octanol–water partition coefficient (Wildman–Crippen LogP) is 1.80. The third-order valence-electron chi connectivity index (χ3n) is 4.04. The van der Waals surface area contributed by atoms with E-state index in [4.69, 9.17) is 10.7 Å². The number of amides is 1. The molecule has 3 rings (SSSR count). The number of nitrogens with two attached hydrogens (primary N) is 1. The summed E-state index contributed by atoms with van der Waals surface area (Å²) in [7, 11) is 0. The first kappa shape index (κ1) is 16.1. The van der Waals surface area contributed by atoms with Gasteiger partial charge in [0.15, 0.2) is 0 Å². The highest BCUT2D eigenvalue weighted by molar-refractivity contribution is 7.13. The molecule has 0 spiro atoms. The number of aromatic nitrogens is 1. The minimum absolute atomic E-state index is 0.173. The Hall–Kier alpha value is -1.76. The molecule has 1 fully saturated rings. The lowest BCUT2D eigenvalue weighted by Crippen LogP contribution is -2.48. The first-order chi connectivity index (χ1) is 11.3. The molecule has 23 heavy (non-hydrogen) atoms. The van der Waals surface area contributed by atoms with Crippen molar-refractivity contribution in [3.63, 3.8) is 0 Å². The van der Waals surface area contributed by atoms with Gasteiger partial charge < -0.3 is 10.6 Å². The molecule has 1 aliphatic rings. The summed E-state index contributed by atoms with van der Waals surface area (Å²) in [5, 5.41) is 3.20. The molecule has 0 aliphatic carbocycles. The summed E-state index contributed by atoms with van der Waals surface area (Å²) in [6, 6.07) is 10.3. The molecule has 1 aliphatic heterocycles. The fourth-order valence-corrected chi connectivity index (χ4v) is 3.58. The highest BCUT2D eigenvalue weighted by atomic mass is 32.1. The van der Waals surface area contributed by atoms with E-state index in [-0.39, 0.29) is 5.91 Å². The molecule has 0 radical (unpaired) electrons. The standard InChI is InChI=1S/C17H22N4OS/c18-7-6-16(22)21-10-8-20(9-11-21)12-15-13-23-17(19-15)14-4-2-1-3-5-14/h1-5,13H,6-12,18H2. The molecule has 2 aromatic rings. The van der Waals surface area contributed by atoms with Gasteiger partial charge in [-0.1, -0.05) is 30.3 Å². The average molecular weight is 330 g/mol. The summed E-state index contributed by atoms with van der Waals surface area (Å²) in [5.74, 6) is 0.173. The van der Waals surface area contributed by atoms with Crippen LogP contribution < -0.4 is 5.73 Å². The van der Waals surface area contributed by atoms with E-state index in [1.807, 2.05) is 23.1 Å². The Bertz CT molecular complexity index is 635. The van der Waals surface area contributed by atoms with Crippen molar-refractivity contribution in [1.82, 2.24) is 14.8 Å². The number of hydrogen-bond donors (Lipinski definition) is 1. The highest BCUT2D eigenvalue weighted by Gasteiger charge is 2.21. The van der Waals surface area contributed by atoms with Crippen molar-refractivity contribution in [2.45, 2.75) is 13.0 Å². The van der Waals surface area contributed by atoms with E-state index in [1.54, 1.807) is 11.3 Å². The molecule has 122 valence electrons. The number of rotatable bonds is 5. The van der Waals surface area contributed by atoms with Gasteiger partial charge in [0.2, 0.25) is 5.91 Å². The zero-order valence-electron chi connectivity index (χ0n) is 13.1. The average Bonchev–Trinajstić information content (AvgIpc) is 3.05. The SMILES string of the molecule is NCCC(=O)N1CCN(Cc2csc(-c3ccccc3)n2)CC1. The Morgan fingerprint density at radius 1 is 1.17 bits per heavy atom. The topological polar surface area (TPSA) is 62.5 Å². The molecular formula is C17H22N4OS. The second kappa shape index (κ2) is 7.68. The largest absolute Gasteiger partial charge is 0.340 e. The van der Waals surface area contributed by atoms with Crippen LogP contribution in [0.1, 0.15) is 12.1 Å². The lowest BCUT2D eigenvalue weighted by molar-refractivity contribution is -0.132. The number of benzene rings is 1. The summed E-state index contributed by atoms with van der Waals surface area (Å²) >= 11 is 1.69. The van der Waals surface area contributed by atoms with Gasteiger partial charge in [-0.3, -0.25) is 9.69 Å². The van der Waals surface area contributed by atoms with Crippen LogP contribution in [0.5, 0.6) is 0 Å². The third-order valence-corrected chi connectivity index (χ3v) is 4.98. The first-order valence-electron chi connectivity index (χ1n) is 7.96. The van der Waals surface area contributed by atoms with Crippen molar-refractivity contribution in [1.29, 1.82) is 0 Å². The van der Waals surface area contributed by atoms with Gasteiger partial charge in [-0.15, -0.1) is 11.3 Å². The molecule has 2 N–H and O–H groups in total. The maximum Gasteiger partial charge on any atom is 0.223 e. The molecule has 0 unspecified atom stereocenters. The molecule has 6 heteroatoms. The van der Waals surface area contributed by atoms with Crippen molar-refractivity contribution < 1.29 is 4.79 Å². The van der Waals surface area contributed by atoms with Crippen molar-refractivity contribution in [3.8, 4) is 10.6 Å². The molecule has 5 nitrogen and oxygen atoms in total. The van der Waals surface area contributed by atoms with Crippen LogP contribution in [0.2, 0.25) is 0 Å². The predicted molar refractivity (Wildman–Crippen MR) is 93.1 cm³/mol. The summed E-state index contributed by atoms with van der Waals surface area (Å²) in [5.41, 5.74) is 7.73. The molecular weight excluding hydrogens is 308 g/mol. The van der Waals surface area contributed by atoms with Crippen molar-refractivity contribution in [2.24, 2.45) is 5.73 Å². The molecule has 1 aromatic heterocycles. The zero-order valence-corrected chi connectivity index (χ0v) is 14.0. The molecule has 1 aromatic carbocycles. The number of nitrogens with zero attached hydrogens (tertiary/aromatic N) is 3. The van der Waals surface area contributed by atoms with Crippen molar-refractivity contribution >= 4 is 17.2 Å². The number of piperazine rings is 1. The van der Waals surface area contributed by atoms with Crippen LogP contribution >= 0.6 is 11.3 Å². The van der Waals surface area contributed by atoms with E-state index >= 15 is 0 Å². The summed E-state index contributed by atoms with van der Waals surface area (Å²) in [6.45, 7) is 4.65. The molecule has 0 bridgehead atoms. The van der Waals surface area contributed by atoms with Crippen LogP contribution in [-0.4, -0.2) is 53.4 Å². The van der Waals surface area contributed by atoms with Gasteiger partial charge in [0.05, 0.1) is 5.69 Å². The fraction of sp³-hybridized carbons (Fsp3) is 0.412. The minimum atomic E-state index is 0.173. The van der Waals surface area contributed by atoms with Gasteiger partial charge in [0, 0.05) is 56.6 Å². The Morgan fingerprint density at radius 2 is 1.91 bits per heavy atom. The van der Waals surface area contributed by atoms with Crippen LogP contribution in [0.4, 0.5) is 0 Å². The summed E-state index contributed by atoms with van der Waals surface area (Å²) in [6.07, 6.45) is 0.451. The van der Waals surface area contributed by atoms with Gasteiger partial charge in [0.25, 0.3) is 0 Å². The third kappa shape index (κ3) is 4.16. The van der Waals surface area contributed by atoms with Crippen molar-refractivity contribution in [2.75, 3.05) is 32.7 Å². The van der Waals surface area contributed by atoms with Gasteiger partial charge in [-0.2, -0.15) is 0 Å². The van der Waals surface area contributed by atoms with E-state index in [9.17, 15) is 4.79 Å². The molecule has 2 heterocycles. The minimum Gasteiger partial charge on any atom is -0.340 e. The maximum atomic E-state index is 11.8. The first-order valence-corrected chi connectivity index (χ1v) is 8.84. The lowest BCUT2D eigenvalue weighted by atomic mass is 10.2. The number of carbonyl (C=O) groups is 1.